The second-order valence-corrected chi connectivity index (χ2v) is 6.66. The summed E-state index contributed by atoms with van der Waals surface area (Å²) in [5.74, 6) is 0. The van der Waals surface area contributed by atoms with Crippen LogP contribution in [0.15, 0.2) is 29.8 Å². The highest BCUT2D eigenvalue weighted by Crippen LogP contribution is 2.41. The van der Waals surface area contributed by atoms with Gasteiger partial charge in [-0.25, -0.2) is 0 Å². The monoisotopic (exact) mass is 339 g/mol. The largest absolute Gasteiger partial charge is 0.252 e. The Labute approximate surface area is 155 Å². The number of aryl methyl sites for hydroxylation is 1. The molecule has 0 N–H and O–H groups in total. The Bertz CT molecular complexity index is 693. The lowest BCUT2D eigenvalue weighted by Gasteiger charge is -2.12. The molecule has 0 radical (unpaired) electrons. The zero-order chi connectivity index (χ0) is 18.8. The van der Waals surface area contributed by atoms with Gasteiger partial charge >= 0.3 is 0 Å². The molecule has 1 aromatic carbocycles. The van der Waals surface area contributed by atoms with E-state index in [4.69, 9.17) is 4.98 Å². The Balaban J connectivity index is 0.000000460. The zero-order valence-corrected chi connectivity index (χ0v) is 17.5. The van der Waals surface area contributed by atoms with Crippen molar-refractivity contribution in [1.82, 2.24) is 4.98 Å². The molecule has 1 aliphatic rings. The van der Waals surface area contributed by atoms with E-state index in [1.807, 2.05) is 0 Å². The van der Waals surface area contributed by atoms with E-state index in [1.165, 1.54) is 35.0 Å². The van der Waals surface area contributed by atoms with Crippen molar-refractivity contribution in [3.8, 4) is 0 Å². The fourth-order valence-electron chi connectivity index (χ4n) is 3.39. The van der Waals surface area contributed by atoms with Gasteiger partial charge in [-0.2, -0.15) is 0 Å². The van der Waals surface area contributed by atoms with Crippen LogP contribution in [0.1, 0.15) is 91.0 Å². The molecule has 3 rings (SSSR count). The van der Waals surface area contributed by atoms with Crippen LogP contribution >= 0.6 is 0 Å². The molecule has 138 valence electrons. The quantitative estimate of drug-likeness (QED) is 0.556. The van der Waals surface area contributed by atoms with E-state index < -0.39 is 0 Å². The van der Waals surface area contributed by atoms with Crippen molar-refractivity contribution in [3.05, 3.63) is 46.7 Å². The first kappa shape index (κ1) is 21.4. The maximum Gasteiger partial charge on any atom is 0.0708 e. The molecule has 0 aliphatic heterocycles. The summed E-state index contributed by atoms with van der Waals surface area (Å²) in [6.07, 6.45) is 6.94. The molecule has 1 heterocycles. The number of allylic oxidation sites excluding steroid dienone is 2. The lowest BCUT2D eigenvalue weighted by molar-refractivity contribution is 1.02. The third kappa shape index (κ3) is 4.93. The van der Waals surface area contributed by atoms with Gasteiger partial charge in [0.2, 0.25) is 0 Å². The van der Waals surface area contributed by atoms with Crippen LogP contribution < -0.4 is 0 Å². The van der Waals surface area contributed by atoms with Gasteiger partial charge in [-0.15, -0.1) is 0 Å². The smallest absolute Gasteiger partial charge is 0.0708 e. The molecule has 0 unspecified atom stereocenters. The minimum absolute atomic E-state index is 1.02. The predicted octanol–water partition coefficient (Wildman–Crippen LogP) is 7.76. The molecule has 0 saturated carbocycles. The third-order valence-electron chi connectivity index (χ3n) is 4.31. The minimum Gasteiger partial charge on any atom is -0.252 e. The minimum atomic E-state index is 1.02. The van der Waals surface area contributed by atoms with Gasteiger partial charge in [0.15, 0.2) is 0 Å². The number of benzene rings is 1. The predicted molar refractivity (Wildman–Crippen MR) is 114 cm³/mol. The number of pyridine rings is 1. The Morgan fingerprint density at radius 3 is 1.92 bits per heavy atom. The Morgan fingerprint density at radius 2 is 1.40 bits per heavy atom. The summed E-state index contributed by atoms with van der Waals surface area (Å²) in [7, 11) is 0. The van der Waals surface area contributed by atoms with Crippen molar-refractivity contribution < 1.29 is 0 Å². The molecule has 1 aromatic heterocycles. The molecule has 0 fully saturated rings. The van der Waals surface area contributed by atoms with Gasteiger partial charge in [-0.3, -0.25) is 4.98 Å². The Hall–Kier alpha value is -1.63. The van der Waals surface area contributed by atoms with Crippen molar-refractivity contribution in [2.24, 2.45) is 0 Å². The van der Waals surface area contributed by atoms with E-state index in [0.717, 1.165) is 31.2 Å². The first-order chi connectivity index (χ1) is 12.1. The van der Waals surface area contributed by atoms with Crippen molar-refractivity contribution >= 4 is 16.5 Å². The summed E-state index contributed by atoms with van der Waals surface area (Å²) in [5.41, 5.74) is 8.62. The van der Waals surface area contributed by atoms with Crippen LogP contribution in [0.25, 0.3) is 16.5 Å². The van der Waals surface area contributed by atoms with Gasteiger partial charge in [-0.05, 0) is 42.9 Å². The molecule has 0 atom stereocenters. The number of aromatic nitrogens is 1. The fourth-order valence-corrected chi connectivity index (χ4v) is 3.39. The molecular formula is C24H37N. The molecular weight excluding hydrogens is 302 g/mol. The maximum atomic E-state index is 4.90. The second kappa shape index (κ2) is 11.1. The van der Waals surface area contributed by atoms with Crippen LogP contribution in [0.3, 0.4) is 0 Å². The number of hydrogen-bond donors (Lipinski definition) is 0. The number of hydrogen-bond acceptors (Lipinski definition) is 1. The highest BCUT2D eigenvalue weighted by atomic mass is 14.7. The van der Waals surface area contributed by atoms with E-state index in [2.05, 4.69) is 72.7 Å². The number of para-hydroxylation sites is 1. The summed E-state index contributed by atoms with van der Waals surface area (Å²) in [6, 6.07) is 8.59. The van der Waals surface area contributed by atoms with Crippen molar-refractivity contribution in [1.29, 1.82) is 0 Å². The average Bonchev–Trinajstić information content (AvgIpc) is 3.01. The van der Waals surface area contributed by atoms with Crippen LogP contribution in [0.2, 0.25) is 0 Å². The molecule has 0 amide bonds. The van der Waals surface area contributed by atoms with Crippen LogP contribution in [-0.4, -0.2) is 4.98 Å². The van der Waals surface area contributed by atoms with Crippen LogP contribution in [0.4, 0.5) is 0 Å². The molecule has 1 heteroatoms. The summed E-state index contributed by atoms with van der Waals surface area (Å²) in [4.78, 5) is 4.90. The molecule has 0 spiro atoms. The Morgan fingerprint density at radius 1 is 0.800 bits per heavy atom. The van der Waals surface area contributed by atoms with Crippen LogP contribution in [0.5, 0.6) is 0 Å². The normalized spacial score (nSPS) is 12.3. The van der Waals surface area contributed by atoms with E-state index in [9.17, 15) is 0 Å². The molecule has 1 aliphatic carbocycles. The van der Waals surface area contributed by atoms with Crippen molar-refractivity contribution in [3.63, 3.8) is 0 Å². The third-order valence-corrected chi connectivity index (χ3v) is 4.31. The van der Waals surface area contributed by atoms with E-state index in [0.29, 0.717) is 0 Å². The summed E-state index contributed by atoms with van der Waals surface area (Å²) < 4.78 is 0. The van der Waals surface area contributed by atoms with E-state index in [-0.39, 0.29) is 0 Å². The first-order valence-electron chi connectivity index (χ1n) is 10.2. The summed E-state index contributed by atoms with van der Waals surface area (Å²) in [6.45, 7) is 15.3. The SMILES string of the molecule is CCC.CCC.CCC1=C(CC)c2c(CC)nc3ccccc3c2C1. The highest BCUT2D eigenvalue weighted by molar-refractivity contribution is 5.92. The van der Waals surface area contributed by atoms with Gasteiger partial charge in [0.1, 0.15) is 0 Å². The Kier molecular flexibility index (Phi) is 9.49. The topological polar surface area (TPSA) is 12.9 Å². The van der Waals surface area contributed by atoms with Gasteiger partial charge in [-0.1, -0.05) is 85.1 Å². The lowest BCUT2D eigenvalue weighted by atomic mass is 9.97. The van der Waals surface area contributed by atoms with Gasteiger partial charge < -0.3 is 0 Å². The van der Waals surface area contributed by atoms with Crippen LogP contribution in [-0.2, 0) is 12.8 Å². The van der Waals surface area contributed by atoms with E-state index >= 15 is 0 Å². The van der Waals surface area contributed by atoms with Crippen LogP contribution in [0, 0.1) is 0 Å². The fraction of sp³-hybridized carbons (Fsp3) is 0.542. The van der Waals surface area contributed by atoms with Crippen molar-refractivity contribution in [2.75, 3.05) is 0 Å². The second-order valence-electron chi connectivity index (χ2n) is 6.66. The highest BCUT2D eigenvalue weighted by Gasteiger charge is 2.24. The standard InChI is InChI=1S/C18H21N.2C3H8/c1-4-12-11-15-14-9-7-8-10-17(14)19-16(6-3)18(15)13(12)5-2;2*1-3-2/h7-10H,4-6,11H2,1-3H3;2*3H2,1-2H3. The lowest BCUT2D eigenvalue weighted by Crippen LogP contribution is -1.99. The molecule has 25 heavy (non-hydrogen) atoms. The summed E-state index contributed by atoms with van der Waals surface area (Å²) >= 11 is 0. The van der Waals surface area contributed by atoms with Gasteiger partial charge in [0.05, 0.1) is 5.52 Å². The molecule has 1 nitrogen and oxygen atoms in total. The van der Waals surface area contributed by atoms with Gasteiger partial charge in [0, 0.05) is 16.6 Å². The average molecular weight is 340 g/mol. The van der Waals surface area contributed by atoms with E-state index in [1.54, 1.807) is 11.1 Å². The van der Waals surface area contributed by atoms with Gasteiger partial charge in [0.25, 0.3) is 0 Å². The number of nitrogens with zero attached hydrogens (tertiary/aromatic N) is 1. The van der Waals surface area contributed by atoms with Crippen molar-refractivity contribution in [2.45, 2.75) is 87.0 Å². The molecule has 0 bridgehead atoms. The maximum absolute atomic E-state index is 4.90. The number of rotatable bonds is 3. The zero-order valence-electron chi connectivity index (χ0n) is 17.5. The molecule has 0 saturated heterocycles. The summed E-state index contributed by atoms with van der Waals surface area (Å²) in [5, 5.41) is 1.35. The molecule has 2 aromatic rings. The number of fused-ring (bicyclic) bond motifs is 3. The first-order valence-corrected chi connectivity index (χ1v) is 10.2.